The summed E-state index contributed by atoms with van der Waals surface area (Å²) in [5.41, 5.74) is 1.31. The summed E-state index contributed by atoms with van der Waals surface area (Å²) in [5.74, 6) is 0. The van der Waals surface area contributed by atoms with E-state index in [1.165, 1.54) is 18.4 Å². The Morgan fingerprint density at radius 1 is 1.31 bits per heavy atom. The summed E-state index contributed by atoms with van der Waals surface area (Å²) in [6.07, 6.45) is 2.73. The lowest BCUT2D eigenvalue weighted by atomic mass is 10.1. The van der Waals surface area contributed by atoms with Gasteiger partial charge in [0.05, 0.1) is 10.9 Å². The van der Waals surface area contributed by atoms with Crippen LogP contribution in [-0.4, -0.2) is 12.7 Å². The van der Waals surface area contributed by atoms with Gasteiger partial charge >= 0.3 is 0 Å². The molecule has 2 unspecified atom stereocenters. The molecule has 1 aliphatic heterocycles. The normalized spacial score (nSPS) is 24.5. The average molecular weight is 241 g/mol. The maximum absolute atomic E-state index is 5.62. The summed E-state index contributed by atoms with van der Waals surface area (Å²) in [6.45, 7) is 0.916. The lowest BCUT2D eigenvalue weighted by molar-refractivity contribution is 0.110. The van der Waals surface area contributed by atoms with Crippen molar-refractivity contribution in [1.29, 1.82) is 0 Å². The lowest BCUT2D eigenvalue weighted by Crippen LogP contribution is -2.11. The van der Waals surface area contributed by atoms with Gasteiger partial charge in [-0.15, -0.1) is 0 Å². The Kier molecular flexibility index (Phi) is 3.01. The second-order valence-corrected chi connectivity index (χ2v) is 4.35. The number of hydrogen-bond acceptors (Lipinski definition) is 1. The fourth-order valence-electron chi connectivity index (χ4n) is 1.68. The van der Waals surface area contributed by atoms with Crippen LogP contribution in [0.15, 0.2) is 30.3 Å². The second kappa shape index (κ2) is 4.25. The molecule has 1 fully saturated rings. The number of alkyl halides is 1. The van der Waals surface area contributed by atoms with E-state index >= 15 is 0 Å². The first-order valence-electron chi connectivity index (χ1n) is 4.68. The molecule has 1 nitrogen and oxygen atoms in total. The number of halogens is 1. The van der Waals surface area contributed by atoms with Crippen LogP contribution in [0.1, 0.15) is 23.2 Å². The highest BCUT2D eigenvalue weighted by atomic mass is 79.9. The summed E-state index contributed by atoms with van der Waals surface area (Å²) in [7, 11) is 0. The summed E-state index contributed by atoms with van der Waals surface area (Å²) in [5, 5.41) is 0. The molecule has 1 heterocycles. The van der Waals surface area contributed by atoms with Gasteiger partial charge in [-0.1, -0.05) is 46.3 Å². The third-order valence-electron chi connectivity index (χ3n) is 2.41. The van der Waals surface area contributed by atoms with Crippen molar-refractivity contribution < 1.29 is 4.74 Å². The van der Waals surface area contributed by atoms with Gasteiger partial charge in [0.25, 0.3) is 0 Å². The molecule has 0 aromatic heterocycles. The Hall–Kier alpha value is -0.340. The molecular formula is C11H13BrO. The van der Waals surface area contributed by atoms with Crippen LogP contribution in [-0.2, 0) is 4.74 Å². The Bertz CT molecular complexity index is 254. The molecule has 2 rings (SSSR count). The molecule has 1 aliphatic rings. The fourth-order valence-corrected chi connectivity index (χ4v) is 2.41. The molecule has 0 aliphatic carbocycles. The van der Waals surface area contributed by atoms with Crippen molar-refractivity contribution in [2.45, 2.75) is 23.8 Å². The Morgan fingerprint density at radius 3 is 2.69 bits per heavy atom. The third-order valence-corrected chi connectivity index (χ3v) is 3.53. The first kappa shape index (κ1) is 9.22. The zero-order valence-electron chi connectivity index (χ0n) is 7.45. The quantitative estimate of drug-likeness (QED) is 0.722. The van der Waals surface area contributed by atoms with Gasteiger partial charge in [-0.2, -0.15) is 0 Å². The van der Waals surface area contributed by atoms with Gasteiger partial charge in [-0.05, 0) is 18.4 Å². The molecule has 0 N–H and O–H groups in total. The summed E-state index contributed by atoms with van der Waals surface area (Å²) in [4.78, 5) is 0.358. The van der Waals surface area contributed by atoms with E-state index < -0.39 is 0 Å². The van der Waals surface area contributed by atoms with E-state index in [4.69, 9.17) is 4.74 Å². The molecule has 0 bridgehead atoms. The van der Waals surface area contributed by atoms with Crippen LogP contribution in [0.3, 0.4) is 0 Å². The molecule has 2 atom stereocenters. The van der Waals surface area contributed by atoms with Crippen molar-refractivity contribution in [3.05, 3.63) is 35.9 Å². The van der Waals surface area contributed by atoms with E-state index in [1.807, 2.05) is 6.07 Å². The standard InChI is InChI=1S/C11H13BrO/c12-11(10-7-4-8-13-10)9-5-2-1-3-6-9/h1-3,5-6,10-11H,4,7-8H2. The van der Waals surface area contributed by atoms with Crippen LogP contribution in [0.25, 0.3) is 0 Å². The van der Waals surface area contributed by atoms with E-state index in [2.05, 4.69) is 40.2 Å². The van der Waals surface area contributed by atoms with Crippen LogP contribution in [0.5, 0.6) is 0 Å². The monoisotopic (exact) mass is 240 g/mol. The fraction of sp³-hybridized carbons (Fsp3) is 0.455. The van der Waals surface area contributed by atoms with Crippen molar-refractivity contribution in [2.24, 2.45) is 0 Å². The molecule has 1 aromatic carbocycles. The molecular weight excluding hydrogens is 228 g/mol. The predicted octanol–water partition coefficient (Wildman–Crippen LogP) is 3.30. The minimum atomic E-state index is 0.358. The maximum atomic E-state index is 5.62. The first-order chi connectivity index (χ1) is 6.38. The van der Waals surface area contributed by atoms with Crippen molar-refractivity contribution in [2.75, 3.05) is 6.61 Å². The van der Waals surface area contributed by atoms with E-state index in [1.54, 1.807) is 0 Å². The minimum Gasteiger partial charge on any atom is -0.377 e. The Labute approximate surface area is 87.2 Å². The predicted molar refractivity (Wildman–Crippen MR) is 57.1 cm³/mol. The SMILES string of the molecule is BrC(c1ccccc1)C1CCCO1. The summed E-state index contributed by atoms with van der Waals surface area (Å²) >= 11 is 3.69. The van der Waals surface area contributed by atoms with Gasteiger partial charge in [0.1, 0.15) is 0 Å². The molecule has 0 saturated carbocycles. The molecule has 1 aromatic rings. The third kappa shape index (κ3) is 2.12. The van der Waals surface area contributed by atoms with Crippen LogP contribution in [0.4, 0.5) is 0 Å². The zero-order chi connectivity index (χ0) is 9.10. The van der Waals surface area contributed by atoms with Crippen LogP contribution in [0, 0.1) is 0 Å². The topological polar surface area (TPSA) is 9.23 Å². The van der Waals surface area contributed by atoms with E-state index in [-0.39, 0.29) is 0 Å². The van der Waals surface area contributed by atoms with Crippen molar-refractivity contribution in [1.82, 2.24) is 0 Å². The highest BCUT2D eigenvalue weighted by Crippen LogP contribution is 2.33. The van der Waals surface area contributed by atoms with Gasteiger partial charge in [0.2, 0.25) is 0 Å². The van der Waals surface area contributed by atoms with Crippen LogP contribution in [0.2, 0.25) is 0 Å². The van der Waals surface area contributed by atoms with E-state index in [0.717, 1.165) is 6.61 Å². The average Bonchev–Trinajstić information content (AvgIpc) is 2.71. The molecule has 2 heteroatoms. The summed E-state index contributed by atoms with van der Waals surface area (Å²) in [6, 6.07) is 10.5. The minimum absolute atomic E-state index is 0.358. The molecule has 0 amide bonds. The Morgan fingerprint density at radius 2 is 2.08 bits per heavy atom. The molecule has 1 saturated heterocycles. The smallest absolute Gasteiger partial charge is 0.0741 e. The van der Waals surface area contributed by atoms with Gasteiger partial charge in [-0.25, -0.2) is 0 Å². The van der Waals surface area contributed by atoms with E-state index in [9.17, 15) is 0 Å². The highest BCUT2D eigenvalue weighted by molar-refractivity contribution is 9.09. The number of rotatable bonds is 2. The molecule has 0 radical (unpaired) electrons. The zero-order valence-corrected chi connectivity index (χ0v) is 9.03. The Balaban J connectivity index is 2.08. The van der Waals surface area contributed by atoms with E-state index in [0.29, 0.717) is 10.9 Å². The van der Waals surface area contributed by atoms with Gasteiger partial charge in [-0.3, -0.25) is 0 Å². The number of hydrogen-bond donors (Lipinski definition) is 0. The van der Waals surface area contributed by atoms with Gasteiger partial charge in [0, 0.05) is 6.61 Å². The summed E-state index contributed by atoms with van der Waals surface area (Å²) < 4.78 is 5.62. The largest absolute Gasteiger partial charge is 0.377 e. The van der Waals surface area contributed by atoms with Crippen LogP contribution >= 0.6 is 15.9 Å². The lowest BCUT2D eigenvalue weighted by Gasteiger charge is -2.16. The maximum Gasteiger partial charge on any atom is 0.0741 e. The molecule has 70 valence electrons. The highest BCUT2D eigenvalue weighted by Gasteiger charge is 2.24. The number of ether oxygens (including phenoxy) is 1. The van der Waals surface area contributed by atoms with Crippen molar-refractivity contribution >= 4 is 15.9 Å². The van der Waals surface area contributed by atoms with Crippen LogP contribution < -0.4 is 0 Å². The number of benzene rings is 1. The first-order valence-corrected chi connectivity index (χ1v) is 5.60. The molecule has 0 spiro atoms. The van der Waals surface area contributed by atoms with Gasteiger partial charge < -0.3 is 4.74 Å². The van der Waals surface area contributed by atoms with Gasteiger partial charge in [0.15, 0.2) is 0 Å². The second-order valence-electron chi connectivity index (χ2n) is 3.36. The molecule has 13 heavy (non-hydrogen) atoms. The van der Waals surface area contributed by atoms with Crippen molar-refractivity contribution in [3.63, 3.8) is 0 Å². The van der Waals surface area contributed by atoms with Crippen molar-refractivity contribution in [3.8, 4) is 0 Å².